The number of ketones is 1. The Labute approximate surface area is 95.6 Å². The van der Waals surface area contributed by atoms with Gasteiger partial charge >= 0.3 is 5.97 Å². The molecular weight excluding hydrogens is 260 g/mol. The molecule has 0 saturated carbocycles. The van der Waals surface area contributed by atoms with Gasteiger partial charge in [0, 0.05) is 16.5 Å². The molecule has 1 aliphatic carbocycles. The lowest BCUT2D eigenvalue weighted by Gasteiger charge is -2.06. The van der Waals surface area contributed by atoms with Crippen LogP contribution in [0.4, 0.5) is 0 Å². The summed E-state index contributed by atoms with van der Waals surface area (Å²) < 4.78 is 5.41. The molecule has 1 aromatic rings. The second-order valence-corrected chi connectivity index (χ2v) is 4.31. The van der Waals surface area contributed by atoms with Crippen molar-refractivity contribution in [2.75, 3.05) is 7.11 Å². The molecule has 0 N–H and O–H groups in total. The van der Waals surface area contributed by atoms with Crippen LogP contribution in [0.25, 0.3) is 0 Å². The fraction of sp³-hybridized carbons (Fsp3) is 0.273. The Morgan fingerprint density at radius 2 is 2.13 bits per heavy atom. The summed E-state index contributed by atoms with van der Waals surface area (Å²) in [6.07, 6.45) is 1.11. The van der Waals surface area contributed by atoms with Gasteiger partial charge in [0.05, 0.1) is 12.7 Å². The maximum Gasteiger partial charge on any atom is 0.338 e. The molecule has 0 unspecified atom stereocenters. The van der Waals surface area contributed by atoms with Gasteiger partial charge in [-0.15, -0.1) is 0 Å². The van der Waals surface area contributed by atoms with Gasteiger partial charge in [0.1, 0.15) is 0 Å². The van der Waals surface area contributed by atoms with Crippen LogP contribution in [-0.4, -0.2) is 18.9 Å². The molecule has 0 saturated heterocycles. The second kappa shape index (κ2) is 3.77. The van der Waals surface area contributed by atoms with Crippen molar-refractivity contribution in [3.8, 4) is 0 Å². The highest BCUT2D eigenvalue weighted by Crippen LogP contribution is 2.29. The standard InChI is InChI=1S/C11H9BrO3/c1-15-11(14)9-5-6(12)4-8-7(9)2-3-10(8)13/h4-5H,2-3H2,1H3. The van der Waals surface area contributed by atoms with Gasteiger partial charge in [-0.05, 0) is 24.1 Å². The highest BCUT2D eigenvalue weighted by atomic mass is 79.9. The Bertz CT molecular complexity index is 451. The average molecular weight is 269 g/mol. The Balaban J connectivity index is 2.61. The number of fused-ring (bicyclic) bond motifs is 1. The monoisotopic (exact) mass is 268 g/mol. The maximum absolute atomic E-state index is 11.5. The quantitative estimate of drug-likeness (QED) is 0.735. The summed E-state index contributed by atoms with van der Waals surface area (Å²) in [4.78, 5) is 23.0. The summed E-state index contributed by atoms with van der Waals surface area (Å²) in [6, 6.07) is 3.46. The van der Waals surface area contributed by atoms with E-state index < -0.39 is 0 Å². The normalized spacial score (nSPS) is 13.9. The van der Waals surface area contributed by atoms with Crippen LogP contribution in [-0.2, 0) is 11.2 Å². The van der Waals surface area contributed by atoms with Crippen LogP contribution < -0.4 is 0 Å². The van der Waals surface area contributed by atoms with Crippen molar-refractivity contribution in [3.05, 3.63) is 33.3 Å². The molecule has 0 aliphatic heterocycles. The molecule has 0 bridgehead atoms. The zero-order valence-corrected chi connectivity index (χ0v) is 9.76. The molecule has 1 aliphatic rings. The van der Waals surface area contributed by atoms with E-state index in [1.165, 1.54) is 7.11 Å². The lowest BCUT2D eigenvalue weighted by molar-refractivity contribution is 0.0599. The summed E-state index contributed by atoms with van der Waals surface area (Å²) in [6.45, 7) is 0. The first-order chi connectivity index (χ1) is 7.13. The molecule has 2 rings (SSSR count). The number of benzene rings is 1. The molecule has 0 atom stereocenters. The minimum Gasteiger partial charge on any atom is -0.465 e. The number of hydrogen-bond acceptors (Lipinski definition) is 3. The zero-order chi connectivity index (χ0) is 11.0. The van der Waals surface area contributed by atoms with Crippen molar-refractivity contribution in [2.24, 2.45) is 0 Å². The van der Waals surface area contributed by atoms with Crippen molar-refractivity contribution < 1.29 is 14.3 Å². The van der Waals surface area contributed by atoms with Gasteiger partial charge in [-0.1, -0.05) is 15.9 Å². The number of rotatable bonds is 1. The van der Waals surface area contributed by atoms with E-state index in [1.54, 1.807) is 12.1 Å². The minimum absolute atomic E-state index is 0.0939. The lowest BCUT2D eigenvalue weighted by Crippen LogP contribution is -2.06. The number of carbonyl (C=O) groups is 2. The summed E-state index contributed by atoms with van der Waals surface area (Å²) in [5.74, 6) is -0.293. The molecule has 3 nitrogen and oxygen atoms in total. The Hall–Kier alpha value is -1.16. The first-order valence-corrected chi connectivity index (χ1v) is 5.36. The number of hydrogen-bond donors (Lipinski definition) is 0. The van der Waals surface area contributed by atoms with Crippen molar-refractivity contribution in [1.82, 2.24) is 0 Å². The van der Waals surface area contributed by atoms with E-state index in [-0.39, 0.29) is 11.8 Å². The maximum atomic E-state index is 11.5. The molecule has 0 radical (unpaired) electrons. The second-order valence-electron chi connectivity index (χ2n) is 3.39. The zero-order valence-electron chi connectivity index (χ0n) is 8.17. The van der Waals surface area contributed by atoms with Crippen LogP contribution in [0, 0.1) is 0 Å². The molecule has 15 heavy (non-hydrogen) atoms. The summed E-state index contributed by atoms with van der Waals surface area (Å²) >= 11 is 3.28. The minimum atomic E-state index is -0.387. The van der Waals surface area contributed by atoms with Crippen molar-refractivity contribution in [2.45, 2.75) is 12.8 Å². The smallest absolute Gasteiger partial charge is 0.338 e. The molecule has 4 heteroatoms. The Morgan fingerprint density at radius 3 is 2.80 bits per heavy atom. The largest absolute Gasteiger partial charge is 0.465 e. The van der Waals surface area contributed by atoms with Gasteiger partial charge in [0.15, 0.2) is 5.78 Å². The van der Waals surface area contributed by atoms with Gasteiger partial charge in [-0.2, -0.15) is 0 Å². The molecule has 1 aromatic carbocycles. The molecule has 0 spiro atoms. The first-order valence-electron chi connectivity index (χ1n) is 4.57. The predicted molar refractivity (Wildman–Crippen MR) is 58.1 cm³/mol. The molecular formula is C11H9BrO3. The van der Waals surface area contributed by atoms with Crippen LogP contribution in [0.15, 0.2) is 16.6 Å². The average Bonchev–Trinajstić information content (AvgIpc) is 2.58. The van der Waals surface area contributed by atoms with Crippen LogP contribution >= 0.6 is 15.9 Å². The number of esters is 1. The van der Waals surface area contributed by atoms with Crippen LogP contribution in [0.1, 0.15) is 32.7 Å². The molecule has 0 heterocycles. The SMILES string of the molecule is COC(=O)c1cc(Br)cc2c1CCC2=O. The molecule has 0 amide bonds. The Morgan fingerprint density at radius 1 is 1.40 bits per heavy atom. The van der Waals surface area contributed by atoms with Gasteiger partial charge in [0.2, 0.25) is 0 Å². The number of methoxy groups -OCH3 is 1. The number of carbonyl (C=O) groups excluding carboxylic acids is 2. The van der Waals surface area contributed by atoms with E-state index >= 15 is 0 Å². The molecule has 0 aromatic heterocycles. The van der Waals surface area contributed by atoms with Crippen LogP contribution in [0.3, 0.4) is 0 Å². The van der Waals surface area contributed by atoms with Gasteiger partial charge in [-0.25, -0.2) is 4.79 Å². The highest BCUT2D eigenvalue weighted by Gasteiger charge is 2.25. The van der Waals surface area contributed by atoms with Crippen molar-refractivity contribution in [1.29, 1.82) is 0 Å². The number of halogens is 1. The summed E-state index contributed by atoms with van der Waals surface area (Å²) in [5, 5.41) is 0. The summed E-state index contributed by atoms with van der Waals surface area (Å²) in [7, 11) is 1.34. The van der Waals surface area contributed by atoms with E-state index in [1.807, 2.05) is 0 Å². The van der Waals surface area contributed by atoms with E-state index in [0.29, 0.717) is 24.0 Å². The van der Waals surface area contributed by atoms with Crippen molar-refractivity contribution in [3.63, 3.8) is 0 Å². The fourth-order valence-electron chi connectivity index (χ4n) is 1.82. The highest BCUT2D eigenvalue weighted by molar-refractivity contribution is 9.10. The third-order valence-electron chi connectivity index (χ3n) is 2.52. The third-order valence-corrected chi connectivity index (χ3v) is 2.98. The van der Waals surface area contributed by atoms with Gasteiger partial charge in [0.25, 0.3) is 0 Å². The number of ether oxygens (including phenoxy) is 1. The van der Waals surface area contributed by atoms with E-state index in [2.05, 4.69) is 20.7 Å². The lowest BCUT2D eigenvalue weighted by atomic mass is 10.0. The molecule has 0 fully saturated rings. The van der Waals surface area contributed by atoms with E-state index in [4.69, 9.17) is 0 Å². The topological polar surface area (TPSA) is 43.4 Å². The van der Waals surface area contributed by atoms with Gasteiger partial charge in [-0.3, -0.25) is 4.79 Å². The fourth-order valence-corrected chi connectivity index (χ4v) is 2.28. The molecule has 78 valence electrons. The van der Waals surface area contributed by atoms with Crippen LogP contribution in [0.5, 0.6) is 0 Å². The van der Waals surface area contributed by atoms with E-state index in [0.717, 1.165) is 10.0 Å². The summed E-state index contributed by atoms with van der Waals surface area (Å²) in [5.41, 5.74) is 1.95. The van der Waals surface area contributed by atoms with Crippen molar-refractivity contribution >= 4 is 27.7 Å². The Kier molecular flexibility index (Phi) is 2.61. The van der Waals surface area contributed by atoms with Gasteiger partial charge < -0.3 is 4.74 Å². The van der Waals surface area contributed by atoms with Crippen LogP contribution in [0.2, 0.25) is 0 Å². The third kappa shape index (κ3) is 1.69. The van der Waals surface area contributed by atoms with E-state index in [9.17, 15) is 9.59 Å². The number of Topliss-reactive ketones (excluding diaryl/α,β-unsaturated/α-hetero) is 1. The predicted octanol–water partition coefficient (Wildman–Crippen LogP) is 2.36. The first kappa shape index (κ1) is 10.4.